The Balaban J connectivity index is 4.02. The molecular formula is C12H22O3. The molecule has 0 aromatic rings. The van der Waals surface area contributed by atoms with Crippen LogP contribution in [0.15, 0.2) is 0 Å². The Labute approximate surface area is 92.2 Å². The largest absolute Gasteiger partial charge is 0.469 e. The van der Waals surface area contributed by atoms with Gasteiger partial charge in [0.15, 0.2) is 0 Å². The molecule has 3 nitrogen and oxygen atoms in total. The average Bonchev–Trinajstić information content (AvgIpc) is 2.18. The number of carbonyl (C=O) groups is 2. The van der Waals surface area contributed by atoms with E-state index < -0.39 is 0 Å². The molecule has 0 aromatic heterocycles. The van der Waals surface area contributed by atoms with Gasteiger partial charge in [-0.25, -0.2) is 0 Å². The molecule has 0 spiro atoms. The van der Waals surface area contributed by atoms with Gasteiger partial charge in [0.2, 0.25) is 0 Å². The van der Waals surface area contributed by atoms with E-state index in [1.807, 2.05) is 6.92 Å². The number of hydrogen-bond acceptors (Lipinski definition) is 3. The van der Waals surface area contributed by atoms with Crippen LogP contribution in [0.5, 0.6) is 0 Å². The van der Waals surface area contributed by atoms with E-state index in [-0.39, 0.29) is 17.7 Å². The van der Waals surface area contributed by atoms with Crippen LogP contribution < -0.4 is 0 Å². The number of ketones is 1. The van der Waals surface area contributed by atoms with Crippen molar-refractivity contribution in [3.8, 4) is 0 Å². The van der Waals surface area contributed by atoms with Gasteiger partial charge in [-0.3, -0.25) is 9.59 Å². The third-order valence-electron chi connectivity index (χ3n) is 2.43. The van der Waals surface area contributed by atoms with Crippen molar-refractivity contribution in [3.05, 3.63) is 0 Å². The normalized spacial score (nSPS) is 12.2. The van der Waals surface area contributed by atoms with Crippen LogP contribution in [0.2, 0.25) is 0 Å². The van der Waals surface area contributed by atoms with Crippen molar-refractivity contribution in [2.75, 3.05) is 7.11 Å². The summed E-state index contributed by atoms with van der Waals surface area (Å²) in [5, 5.41) is 0. The van der Waals surface area contributed by atoms with E-state index in [1.165, 1.54) is 7.11 Å². The SMILES string of the molecule is CCCC(=O)CC(CCC)CC(=O)OC. The maximum atomic E-state index is 11.4. The highest BCUT2D eigenvalue weighted by Crippen LogP contribution is 2.17. The Bertz CT molecular complexity index is 199. The van der Waals surface area contributed by atoms with Gasteiger partial charge in [-0.2, -0.15) is 0 Å². The summed E-state index contributed by atoms with van der Waals surface area (Å²) in [4.78, 5) is 22.5. The van der Waals surface area contributed by atoms with Crippen molar-refractivity contribution in [2.45, 2.75) is 52.4 Å². The predicted octanol–water partition coefficient (Wildman–Crippen LogP) is 2.73. The Kier molecular flexibility index (Phi) is 7.96. The minimum absolute atomic E-state index is 0.168. The Morgan fingerprint density at radius 3 is 2.27 bits per heavy atom. The topological polar surface area (TPSA) is 43.4 Å². The second-order valence-corrected chi connectivity index (χ2v) is 3.93. The zero-order chi connectivity index (χ0) is 11.7. The summed E-state index contributed by atoms with van der Waals surface area (Å²) >= 11 is 0. The van der Waals surface area contributed by atoms with E-state index in [9.17, 15) is 9.59 Å². The highest BCUT2D eigenvalue weighted by atomic mass is 16.5. The fraction of sp³-hybridized carbons (Fsp3) is 0.833. The molecule has 0 heterocycles. The van der Waals surface area contributed by atoms with Gasteiger partial charge >= 0.3 is 5.97 Å². The number of rotatable bonds is 8. The molecule has 0 radical (unpaired) electrons. The van der Waals surface area contributed by atoms with Crippen molar-refractivity contribution >= 4 is 11.8 Å². The molecule has 0 N–H and O–H groups in total. The van der Waals surface area contributed by atoms with Gasteiger partial charge in [-0.05, 0) is 18.8 Å². The molecule has 0 saturated carbocycles. The van der Waals surface area contributed by atoms with E-state index in [0.717, 1.165) is 19.3 Å². The van der Waals surface area contributed by atoms with Gasteiger partial charge in [0, 0.05) is 19.3 Å². The van der Waals surface area contributed by atoms with E-state index >= 15 is 0 Å². The van der Waals surface area contributed by atoms with Crippen molar-refractivity contribution in [1.29, 1.82) is 0 Å². The summed E-state index contributed by atoms with van der Waals surface area (Å²) in [6.45, 7) is 4.06. The van der Waals surface area contributed by atoms with Crippen LogP contribution in [-0.2, 0) is 14.3 Å². The zero-order valence-electron chi connectivity index (χ0n) is 10.0. The second-order valence-electron chi connectivity index (χ2n) is 3.93. The molecule has 1 atom stereocenters. The smallest absolute Gasteiger partial charge is 0.305 e. The molecule has 0 fully saturated rings. The lowest BCUT2D eigenvalue weighted by atomic mass is 9.93. The number of Topliss-reactive ketones (excluding diaryl/α,β-unsaturated/α-hetero) is 1. The van der Waals surface area contributed by atoms with E-state index in [1.54, 1.807) is 0 Å². The fourth-order valence-corrected chi connectivity index (χ4v) is 1.71. The lowest BCUT2D eigenvalue weighted by Gasteiger charge is -2.13. The van der Waals surface area contributed by atoms with E-state index in [0.29, 0.717) is 19.3 Å². The van der Waals surface area contributed by atoms with Crippen LogP contribution in [0.4, 0.5) is 0 Å². The van der Waals surface area contributed by atoms with Crippen LogP contribution >= 0.6 is 0 Å². The number of methoxy groups -OCH3 is 1. The lowest BCUT2D eigenvalue weighted by Crippen LogP contribution is -2.14. The molecular weight excluding hydrogens is 192 g/mol. The predicted molar refractivity (Wildman–Crippen MR) is 59.6 cm³/mol. The molecule has 0 aliphatic heterocycles. The number of ether oxygens (including phenoxy) is 1. The number of hydrogen-bond donors (Lipinski definition) is 0. The van der Waals surface area contributed by atoms with Crippen molar-refractivity contribution in [2.24, 2.45) is 5.92 Å². The van der Waals surface area contributed by atoms with E-state index in [2.05, 4.69) is 11.7 Å². The summed E-state index contributed by atoms with van der Waals surface area (Å²) in [5.74, 6) is 0.221. The summed E-state index contributed by atoms with van der Waals surface area (Å²) < 4.78 is 4.62. The summed E-state index contributed by atoms with van der Waals surface area (Å²) in [7, 11) is 1.39. The highest BCUT2D eigenvalue weighted by Gasteiger charge is 2.16. The van der Waals surface area contributed by atoms with Crippen molar-refractivity contribution < 1.29 is 14.3 Å². The first-order chi connectivity index (χ1) is 7.13. The van der Waals surface area contributed by atoms with Crippen LogP contribution in [0, 0.1) is 5.92 Å². The second kappa shape index (κ2) is 8.45. The maximum absolute atomic E-state index is 11.4. The van der Waals surface area contributed by atoms with Gasteiger partial charge in [0.25, 0.3) is 0 Å². The van der Waals surface area contributed by atoms with Crippen molar-refractivity contribution in [3.63, 3.8) is 0 Å². The van der Waals surface area contributed by atoms with Gasteiger partial charge < -0.3 is 4.74 Å². The van der Waals surface area contributed by atoms with Crippen LogP contribution in [0.25, 0.3) is 0 Å². The minimum Gasteiger partial charge on any atom is -0.469 e. The zero-order valence-corrected chi connectivity index (χ0v) is 10.0. The molecule has 15 heavy (non-hydrogen) atoms. The molecule has 88 valence electrons. The molecule has 0 saturated heterocycles. The van der Waals surface area contributed by atoms with Gasteiger partial charge in [-0.15, -0.1) is 0 Å². The average molecular weight is 214 g/mol. The van der Waals surface area contributed by atoms with E-state index in [4.69, 9.17) is 0 Å². The Morgan fingerprint density at radius 1 is 1.13 bits per heavy atom. The van der Waals surface area contributed by atoms with Gasteiger partial charge in [0.05, 0.1) is 7.11 Å². The molecule has 0 rings (SSSR count). The first kappa shape index (κ1) is 14.1. The van der Waals surface area contributed by atoms with Gasteiger partial charge in [-0.1, -0.05) is 20.3 Å². The molecule has 0 bridgehead atoms. The lowest BCUT2D eigenvalue weighted by molar-refractivity contribution is -0.141. The molecule has 0 amide bonds. The third kappa shape index (κ3) is 7.11. The van der Waals surface area contributed by atoms with Crippen molar-refractivity contribution in [1.82, 2.24) is 0 Å². The standard InChI is InChI=1S/C12H22O3/c1-4-6-10(9-12(14)15-3)8-11(13)7-5-2/h10H,4-9H2,1-3H3. The Morgan fingerprint density at radius 2 is 1.80 bits per heavy atom. The summed E-state index contributed by atoms with van der Waals surface area (Å²) in [6, 6.07) is 0. The number of carbonyl (C=O) groups excluding carboxylic acids is 2. The van der Waals surface area contributed by atoms with Crippen LogP contribution in [0.1, 0.15) is 52.4 Å². The summed E-state index contributed by atoms with van der Waals surface area (Å²) in [6.07, 6.45) is 4.33. The number of esters is 1. The minimum atomic E-state index is -0.210. The molecule has 0 aliphatic carbocycles. The first-order valence-corrected chi connectivity index (χ1v) is 5.72. The monoisotopic (exact) mass is 214 g/mol. The Hall–Kier alpha value is -0.860. The first-order valence-electron chi connectivity index (χ1n) is 5.72. The van der Waals surface area contributed by atoms with Crippen LogP contribution in [0.3, 0.4) is 0 Å². The molecule has 0 aliphatic rings. The molecule has 1 unspecified atom stereocenters. The third-order valence-corrected chi connectivity index (χ3v) is 2.43. The summed E-state index contributed by atoms with van der Waals surface area (Å²) in [5.41, 5.74) is 0. The van der Waals surface area contributed by atoms with Gasteiger partial charge in [0.1, 0.15) is 5.78 Å². The van der Waals surface area contributed by atoms with Crippen LogP contribution in [-0.4, -0.2) is 18.9 Å². The highest BCUT2D eigenvalue weighted by molar-refractivity contribution is 5.79. The quantitative estimate of drug-likeness (QED) is 0.583. The molecule has 0 aromatic carbocycles. The molecule has 3 heteroatoms. The fourth-order valence-electron chi connectivity index (χ4n) is 1.71. The maximum Gasteiger partial charge on any atom is 0.305 e.